The molecule has 0 bridgehead atoms. The Hall–Kier alpha value is -1.88. The van der Waals surface area contributed by atoms with Crippen molar-refractivity contribution < 1.29 is 23.8 Å². The molecular formula is C18H26O5. The summed E-state index contributed by atoms with van der Waals surface area (Å²) in [4.78, 5) is 23.6. The highest BCUT2D eigenvalue weighted by molar-refractivity contribution is 5.93. The van der Waals surface area contributed by atoms with Gasteiger partial charge in [-0.15, -0.1) is 0 Å². The van der Waals surface area contributed by atoms with Crippen LogP contribution in [0.4, 0.5) is 0 Å². The number of carbonyl (C=O) groups is 2. The molecule has 0 unspecified atom stereocenters. The lowest BCUT2D eigenvalue weighted by atomic mass is 10.1. The molecule has 0 fully saturated rings. The van der Waals surface area contributed by atoms with Gasteiger partial charge in [-0.05, 0) is 30.7 Å². The Morgan fingerprint density at radius 3 is 1.83 bits per heavy atom. The van der Waals surface area contributed by atoms with Crippen molar-refractivity contribution in [3.8, 4) is 0 Å². The number of hydrogen-bond acceptors (Lipinski definition) is 5. The first-order valence-corrected chi connectivity index (χ1v) is 8.12. The summed E-state index contributed by atoms with van der Waals surface area (Å²) < 4.78 is 15.0. The molecule has 1 rings (SSSR count). The van der Waals surface area contributed by atoms with Gasteiger partial charge in [0.25, 0.3) is 0 Å². The number of rotatable bonds is 11. The summed E-state index contributed by atoms with van der Waals surface area (Å²) in [6, 6.07) is 6.28. The maximum atomic E-state index is 11.9. The van der Waals surface area contributed by atoms with E-state index in [1.807, 2.05) is 0 Å². The first-order chi connectivity index (χ1) is 11.2. The third-order valence-electron chi connectivity index (χ3n) is 3.36. The fraction of sp³-hybridized carbons (Fsp3) is 0.556. The average Bonchev–Trinajstić information content (AvgIpc) is 2.58. The van der Waals surface area contributed by atoms with Gasteiger partial charge < -0.3 is 14.2 Å². The van der Waals surface area contributed by atoms with Crippen LogP contribution in [0.5, 0.6) is 0 Å². The zero-order valence-electron chi connectivity index (χ0n) is 14.0. The third-order valence-corrected chi connectivity index (χ3v) is 3.36. The number of methoxy groups -OCH3 is 1. The van der Waals surface area contributed by atoms with E-state index >= 15 is 0 Å². The molecule has 0 aromatic heterocycles. The van der Waals surface area contributed by atoms with E-state index in [0.717, 1.165) is 12.8 Å². The Labute approximate surface area is 137 Å². The Morgan fingerprint density at radius 2 is 1.30 bits per heavy atom. The molecule has 0 aliphatic carbocycles. The molecule has 1 aromatic rings. The molecule has 0 radical (unpaired) electrons. The first-order valence-electron chi connectivity index (χ1n) is 8.12. The third kappa shape index (κ3) is 7.79. The molecule has 23 heavy (non-hydrogen) atoms. The van der Waals surface area contributed by atoms with Gasteiger partial charge >= 0.3 is 11.9 Å². The van der Waals surface area contributed by atoms with Gasteiger partial charge in [-0.1, -0.05) is 32.6 Å². The molecule has 0 atom stereocenters. The smallest absolute Gasteiger partial charge is 0.338 e. The summed E-state index contributed by atoms with van der Waals surface area (Å²) in [5.41, 5.74) is 0.837. The lowest BCUT2D eigenvalue weighted by Gasteiger charge is -2.06. The van der Waals surface area contributed by atoms with Gasteiger partial charge in [0, 0.05) is 7.11 Å². The molecule has 0 N–H and O–H groups in total. The number of ether oxygens (including phenoxy) is 3. The van der Waals surface area contributed by atoms with Gasteiger partial charge in [0.2, 0.25) is 0 Å². The van der Waals surface area contributed by atoms with Crippen molar-refractivity contribution in [3.05, 3.63) is 35.4 Å². The van der Waals surface area contributed by atoms with Crippen molar-refractivity contribution in [2.75, 3.05) is 26.9 Å². The topological polar surface area (TPSA) is 61.8 Å². The van der Waals surface area contributed by atoms with E-state index in [9.17, 15) is 9.59 Å². The van der Waals surface area contributed by atoms with Gasteiger partial charge in [-0.3, -0.25) is 0 Å². The molecule has 0 saturated carbocycles. The maximum absolute atomic E-state index is 11.9. The van der Waals surface area contributed by atoms with Crippen LogP contribution in [0.2, 0.25) is 0 Å². The highest BCUT2D eigenvalue weighted by Crippen LogP contribution is 2.09. The summed E-state index contributed by atoms with van der Waals surface area (Å²) in [7, 11) is 1.54. The van der Waals surface area contributed by atoms with Crippen LogP contribution in [0.25, 0.3) is 0 Å². The number of hydrogen-bond donors (Lipinski definition) is 0. The average molecular weight is 322 g/mol. The molecule has 128 valence electrons. The largest absolute Gasteiger partial charge is 0.462 e. The first kappa shape index (κ1) is 19.2. The summed E-state index contributed by atoms with van der Waals surface area (Å²) in [6.07, 6.45) is 5.55. The quantitative estimate of drug-likeness (QED) is 0.460. The fourth-order valence-electron chi connectivity index (χ4n) is 2.00. The van der Waals surface area contributed by atoms with Crippen molar-refractivity contribution in [1.82, 2.24) is 0 Å². The monoisotopic (exact) mass is 322 g/mol. The van der Waals surface area contributed by atoms with Crippen LogP contribution in [-0.4, -0.2) is 38.9 Å². The number of unbranched alkanes of at least 4 members (excludes halogenated alkanes) is 4. The molecule has 5 heteroatoms. The molecule has 0 aliphatic heterocycles. The molecule has 0 aliphatic rings. The molecule has 5 nitrogen and oxygen atoms in total. The highest BCUT2D eigenvalue weighted by Gasteiger charge is 2.10. The van der Waals surface area contributed by atoms with E-state index < -0.39 is 5.97 Å². The Kier molecular flexibility index (Phi) is 9.71. The van der Waals surface area contributed by atoms with Crippen LogP contribution >= 0.6 is 0 Å². The summed E-state index contributed by atoms with van der Waals surface area (Å²) in [5.74, 6) is -0.794. The number of benzene rings is 1. The second-order valence-electron chi connectivity index (χ2n) is 5.26. The molecule has 0 saturated heterocycles. The van der Waals surface area contributed by atoms with E-state index in [1.54, 1.807) is 24.3 Å². The summed E-state index contributed by atoms with van der Waals surface area (Å²) in [6.45, 7) is 3.16. The summed E-state index contributed by atoms with van der Waals surface area (Å²) in [5, 5.41) is 0. The van der Waals surface area contributed by atoms with Crippen LogP contribution in [0.15, 0.2) is 24.3 Å². The van der Waals surface area contributed by atoms with E-state index in [1.165, 1.54) is 26.4 Å². The Balaban J connectivity index is 2.34. The fourth-order valence-corrected chi connectivity index (χ4v) is 2.00. The summed E-state index contributed by atoms with van der Waals surface area (Å²) >= 11 is 0. The second kappa shape index (κ2) is 11.7. The van der Waals surface area contributed by atoms with Crippen LogP contribution in [0.3, 0.4) is 0 Å². The zero-order valence-corrected chi connectivity index (χ0v) is 14.0. The predicted octanol–water partition coefficient (Wildman–Crippen LogP) is 3.62. The molecule has 0 spiro atoms. The SMILES string of the molecule is CCCCCCCOC(=O)c1ccc(C(=O)OCCOC)cc1. The molecule has 1 aromatic carbocycles. The zero-order chi connectivity index (χ0) is 16.9. The van der Waals surface area contributed by atoms with Crippen molar-refractivity contribution in [2.24, 2.45) is 0 Å². The second-order valence-corrected chi connectivity index (χ2v) is 5.26. The van der Waals surface area contributed by atoms with Crippen molar-refractivity contribution >= 4 is 11.9 Å². The van der Waals surface area contributed by atoms with E-state index in [2.05, 4.69) is 6.92 Å². The van der Waals surface area contributed by atoms with E-state index in [-0.39, 0.29) is 12.6 Å². The maximum Gasteiger partial charge on any atom is 0.338 e. The van der Waals surface area contributed by atoms with Crippen LogP contribution in [0, 0.1) is 0 Å². The predicted molar refractivity (Wildman–Crippen MR) is 87.6 cm³/mol. The lowest BCUT2D eigenvalue weighted by molar-refractivity contribution is 0.0386. The van der Waals surface area contributed by atoms with Crippen molar-refractivity contribution in [1.29, 1.82) is 0 Å². The standard InChI is InChI=1S/C18H26O5/c1-3-4-5-6-7-12-22-17(19)15-8-10-16(11-9-15)18(20)23-14-13-21-2/h8-11H,3-7,12-14H2,1-2H3. The van der Waals surface area contributed by atoms with E-state index in [0.29, 0.717) is 24.3 Å². The minimum absolute atomic E-state index is 0.206. The van der Waals surface area contributed by atoms with Gasteiger partial charge in [0.15, 0.2) is 0 Å². The van der Waals surface area contributed by atoms with Gasteiger partial charge in [-0.2, -0.15) is 0 Å². The number of esters is 2. The van der Waals surface area contributed by atoms with Crippen molar-refractivity contribution in [2.45, 2.75) is 39.0 Å². The lowest BCUT2D eigenvalue weighted by Crippen LogP contribution is -2.11. The molecule has 0 heterocycles. The molecule has 0 amide bonds. The Morgan fingerprint density at radius 1 is 0.783 bits per heavy atom. The van der Waals surface area contributed by atoms with Gasteiger partial charge in [0.05, 0.1) is 24.3 Å². The minimum atomic E-state index is -0.433. The van der Waals surface area contributed by atoms with Gasteiger partial charge in [-0.25, -0.2) is 9.59 Å². The van der Waals surface area contributed by atoms with Gasteiger partial charge in [0.1, 0.15) is 6.61 Å². The van der Waals surface area contributed by atoms with Crippen LogP contribution in [0.1, 0.15) is 59.7 Å². The Bertz CT molecular complexity index is 467. The molecular weight excluding hydrogens is 296 g/mol. The normalized spacial score (nSPS) is 10.3. The van der Waals surface area contributed by atoms with E-state index in [4.69, 9.17) is 14.2 Å². The highest BCUT2D eigenvalue weighted by atomic mass is 16.6. The van der Waals surface area contributed by atoms with Crippen LogP contribution < -0.4 is 0 Å². The number of carbonyl (C=O) groups excluding carboxylic acids is 2. The van der Waals surface area contributed by atoms with Crippen LogP contribution in [-0.2, 0) is 14.2 Å². The van der Waals surface area contributed by atoms with Crippen molar-refractivity contribution in [3.63, 3.8) is 0 Å². The minimum Gasteiger partial charge on any atom is -0.462 e.